The fourth-order valence-corrected chi connectivity index (χ4v) is 2.30. The first-order chi connectivity index (χ1) is 8.12. The summed E-state index contributed by atoms with van der Waals surface area (Å²) in [6.07, 6.45) is 0.732. The average Bonchev–Trinajstić information content (AvgIpc) is 2.23. The number of nitrogens with zero attached hydrogens (tertiary/aromatic N) is 1. The second-order valence-corrected chi connectivity index (χ2v) is 5.64. The van der Waals surface area contributed by atoms with E-state index in [-0.39, 0.29) is 10.6 Å². The molecular weight excluding hydrogens is 230 g/mol. The van der Waals surface area contributed by atoms with E-state index in [1.165, 1.54) is 0 Å². The van der Waals surface area contributed by atoms with Gasteiger partial charge in [0.2, 0.25) is 0 Å². The van der Waals surface area contributed by atoms with Crippen LogP contribution < -0.4 is 0 Å². The number of benzene rings is 1. The molecular formula is C14H19NO3. The quantitative estimate of drug-likeness (QED) is 0.457. The van der Waals surface area contributed by atoms with Crippen molar-refractivity contribution in [2.24, 2.45) is 0 Å². The predicted molar refractivity (Wildman–Crippen MR) is 71.4 cm³/mol. The predicted octanol–water partition coefficient (Wildman–Crippen LogP) is 3.63. The normalized spacial score (nSPS) is 11.4. The van der Waals surface area contributed by atoms with E-state index < -0.39 is 5.41 Å². The second kappa shape index (κ2) is 4.52. The number of hydrogen-bond acceptors (Lipinski definition) is 3. The highest BCUT2D eigenvalue weighted by Gasteiger charge is 2.32. The molecule has 0 atom stereocenters. The van der Waals surface area contributed by atoms with Crippen LogP contribution in [-0.2, 0) is 5.41 Å². The Labute approximate surface area is 107 Å². The molecule has 0 aliphatic carbocycles. The molecule has 0 aliphatic rings. The van der Waals surface area contributed by atoms with Crippen molar-refractivity contribution in [2.45, 2.75) is 47.0 Å². The van der Waals surface area contributed by atoms with Crippen LogP contribution in [0.2, 0.25) is 0 Å². The molecule has 0 saturated carbocycles. The highest BCUT2D eigenvalue weighted by Crippen LogP contribution is 2.39. The number of nitro groups is 1. The first kappa shape index (κ1) is 14.4. The second-order valence-electron chi connectivity index (χ2n) is 5.64. The average molecular weight is 249 g/mol. The van der Waals surface area contributed by atoms with Gasteiger partial charge in [-0.2, -0.15) is 0 Å². The molecule has 0 spiro atoms. The molecule has 0 bridgehead atoms. The first-order valence-corrected chi connectivity index (χ1v) is 5.86. The lowest BCUT2D eigenvalue weighted by molar-refractivity contribution is -0.386. The van der Waals surface area contributed by atoms with Gasteiger partial charge in [-0.3, -0.25) is 14.9 Å². The van der Waals surface area contributed by atoms with Crippen molar-refractivity contribution in [1.82, 2.24) is 0 Å². The zero-order valence-corrected chi connectivity index (χ0v) is 11.7. The highest BCUT2D eigenvalue weighted by atomic mass is 16.6. The molecule has 0 amide bonds. The molecule has 0 aromatic heterocycles. The summed E-state index contributed by atoms with van der Waals surface area (Å²) in [5.41, 5.74) is 2.91. The maximum atomic E-state index is 11.3. The molecule has 98 valence electrons. The molecule has 0 saturated heterocycles. The van der Waals surface area contributed by atoms with Gasteiger partial charge in [0.1, 0.15) is 0 Å². The lowest BCUT2D eigenvalue weighted by Crippen LogP contribution is -2.19. The Morgan fingerprint density at radius 2 is 1.56 bits per heavy atom. The molecule has 1 aromatic carbocycles. The van der Waals surface area contributed by atoms with E-state index in [1.807, 2.05) is 34.6 Å². The van der Waals surface area contributed by atoms with Crippen LogP contribution in [0.25, 0.3) is 0 Å². The van der Waals surface area contributed by atoms with Crippen LogP contribution in [0.5, 0.6) is 0 Å². The Morgan fingerprint density at radius 1 is 1.06 bits per heavy atom. The van der Waals surface area contributed by atoms with Crippen LogP contribution in [0.4, 0.5) is 5.69 Å². The largest absolute Gasteiger partial charge is 0.298 e. The Bertz CT molecular complexity index is 525. The van der Waals surface area contributed by atoms with Crippen LogP contribution >= 0.6 is 0 Å². The van der Waals surface area contributed by atoms with E-state index in [2.05, 4.69) is 0 Å². The number of rotatable bonds is 2. The molecule has 4 heteroatoms. The molecule has 0 unspecified atom stereocenters. The molecule has 1 rings (SSSR count). The summed E-state index contributed by atoms with van der Waals surface area (Å²) in [5.74, 6) is 0. The minimum absolute atomic E-state index is 0.0766. The summed E-state index contributed by atoms with van der Waals surface area (Å²) in [6, 6.07) is 0. The van der Waals surface area contributed by atoms with Gasteiger partial charge >= 0.3 is 0 Å². The third kappa shape index (κ3) is 2.15. The van der Waals surface area contributed by atoms with Gasteiger partial charge in [-0.1, -0.05) is 20.8 Å². The van der Waals surface area contributed by atoms with Crippen molar-refractivity contribution in [2.75, 3.05) is 0 Å². The number of nitro benzene ring substituents is 1. The summed E-state index contributed by atoms with van der Waals surface area (Å²) in [4.78, 5) is 22.2. The maximum absolute atomic E-state index is 11.3. The third-order valence-electron chi connectivity index (χ3n) is 3.44. The van der Waals surface area contributed by atoms with Crippen LogP contribution in [0.15, 0.2) is 0 Å². The fraction of sp³-hybridized carbons (Fsp3) is 0.500. The molecule has 0 heterocycles. The number of carbonyl (C=O) groups excluding carboxylic acids is 1. The van der Waals surface area contributed by atoms with E-state index >= 15 is 0 Å². The van der Waals surface area contributed by atoms with Crippen molar-refractivity contribution >= 4 is 12.0 Å². The van der Waals surface area contributed by atoms with E-state index in [9.17, 15) is 14.9 Å². The molecule has 4 nitrogen and oxygen atoms in total. The van der Waals surface area contributed by atoms with Gasteiger partial charge < -0.3 is 0 Å². The Balaban J connectivity index is 3.96. The minimum Gasteiger partial charge on any atom is -0.298 e. The smallest absolute Gasteiger partial charge is 0.276 e. The van der Waals surface area contributed by atoms with Gasteiger partial charge in [0.25, 0.3) is 5.69 Å². The van der Waals surface area contributed by atoms with Crippen molar-refractivity contribution in [3.63, 3.8) is 0 Å². The summed E-state index contributed by atoms with van der Waals surface area (Å²) in [7, 11) is 0. The van der Waals surface area contributed by atoms with Gasteiger partial charge in [-0.25, -0.2) is 0 Å². The van der Waals surface area contributed by atoms with E-state index in [0.29, 0.717) is 16.7 Å². The molecule has 0 N–H and O–H groups in total. The molecule has 0 radical (unpaired) electrons. The van der Waals surface area contributed by atoms with E-state index in [0.717, 1.165) is 17.4 Å². The van der Waals surface area contributed by atoms with Gasteiger partial charge in [0.05, 0.1) is 4.92 Å². The molecule has 1 aromatic rings. The Morgan fingerprint density at radius 3 is 1.89 bits per heavy atom. The summed E-state index contributed by atoms with van der Waals surface area (Å²) in [6.45, 7) is 11.1. The number of aldehydes is 1. The van der Waals surface area contributed by atoms with Crippen molar-refractivity contribution in [3.8, 4) is 0 Å². The van der Waals surface area contributed by atoms with Crippen LogP contribution in [-0.4, -0.2) is 11.2 Å². The lowest BCUT2D eigenvalue weighted by Gasteiger charge is -2.24. The fourth-order valence-electron chi connectivity index (χ4n) is 2.30. The Hall–Kier alpha value is -1.71. The standard InChI is InChI=1S/C14H19NO3/c1-8-9(2)11(7-16)12(14(4,5)6)13(10(8)3)15(17)18/h7H,1-6H3. The van der Waals surface area contributed by atoms with Crippen molar-refractivity contribution < 1.29 is 9.72 Å². The van der Waals surface area contributed by atoms with Crippen LogP contribution in [0.1, 0.15) is 53.4 Å². The topological polar surface area (TPSA) is 60.2 Å². The van der Waals surface area contributed by atoms with Gasteiger partial charge in [-0.05, 0) is 37.3 Å². The minimum atomic E-state index is -0.443. The third-order valence-corrected chi connectivity index (χ3v) is 3.44. The summed E-state index contributed by atoms with van der Waals surface area (Å²) >= 11 is 0. The SMILES string of the molecule is Cc1c(C)c(C=O)c(C(C)(C)C)c([N+](=O)[O-])c1C. The molecule has 18 heavy (non-hydrogen) atoms. The molecule has 0 aliphatic heterocycles. The zero-order valence-electron chi connectivity index (χ0n) is 11.7. The summed E-state index contributed by atoms with van der Waals surface area (Å²) in [5, 5.41) is 11.3. The van der Waals surface area contributed by atoms with Crippen LogP contribution in [0.3, 0.4) is 0 Å². The Kier molecular flexibility index (Phi) is 3.60. The lowest BCUT2D eigenvalue weighted by atomic mass is 9.78. The first-order valence-electron chi connectivity index (χ1n) is 5.86. The summed E-state index contributed by atoms with van der Waals surface area (Å²) < 4.78 is 0. The van der Waals surface area contributed by atoms with Gasteiger partial charge in [0, 0.05) is 16.7 Å². The van der Waals surface area contributed by atoms with Gasteiger partial charge in [-0.15, -0.1) is 0 Å². The molecule has 0 fully saturated rings. The van der Waals surface area contributed by atoms with Crippen molar-refractivity contribution in [1.29, 1.82) is 0 Å². The number of carbonyl (C=O) groups is 1. The monoisotopic (exact) mass is 249 g/mol. The van der Waals surface area contributed by atoms with Crippen LogP contribution in [0, 0.1) is 30.9 Å². The highest BCUT2D eigenvalue weighted by molar-refractivity contribution is 5.84. The number of hydrogen-bond donors (Lipinski definition) is 0. The van der Waals surface area contributed by atoms with Crippen molar-refractivity contribution in [3.05, 3.63) is 37.9 Å². The van der Waals surface area contributed by atoms with E-state index in [1.54, 1.807) is 6.92 Å². The van der Waals surface area contributed by atoms with E-state index in [4.69, 9.17) is 0 Å². The zero-order chi connectivity index (χ0) is 14.2. The maximum Gasteiger partial charge on any atom is 0.276 e. The van der Waals surface area contributed by atoms with Gasteiger partial charge in [0.15, 0.2) is 6.29 Å².